The van der Waals surface area contributed by atoms with Crippen molar-refractivity contribution in [3.8, 4) is 0 Å². The molecule has 4 nitrogen and oxygen atoms in total. The Morgan fingerprint density at radius 2 is 1.96 bits per heavy atom. The topological polar surface area (TPSA) is 59.2 Å². The van der Waals surface area contributed by atoms with E-state index in [1.807, 2.05) is 36.6 Å². The van der Waals surface area contributed by atoms with Crippen LogP contribution in [0.2, 0.25) is 0 Å². The second-order valence-electron chi connectivity index (χ2n) is 6.29. The molecule has 1 N–H and O–H groups in total. The molecule has 1 aliphatic rings. The van der Waals surface area contributed by atoms with Crippen LogP contribution in [0.1, 0.15) is 28.9 Å². The zero-order valence-electron chi connectivity index (χ0n) is 13.7. The quantitative estimate of drug-likeness (QED) is 0.473. The lowest BCUT2D eigenvalue weighted by Crippen LogP contribution is -2.51. The smallest absolute Gasteiger partial charge is 0.320 e. The highest BCUT2D eigenvalue weighted by Crippen LogP contribution is 2.49. The molecule has 2 aromatic rings. The monoisotopic (exact) mass is 343 g/mol. The maximum atomic E-state index is 12.9. The van der Waals surface area contributed by atoms with E-state index in [0.717, 1.165) is 11.3 Å². The van der Waals surface area contributed by atoms with E-state index >= 15 is 0 Å². The molecule has 3 rings (SSSR count). The molecule has 1 heterocycles. The maximum Gasteiger partial charge on any atom is 0.320 e. The van der Waals surface area contributed by atoms with Gasteiger partial charge >= 0.3 is 5.97 Å². The van der Waals surface area contributed by atoms with E-state index in [1.165, 1.54) is 0 Å². The molecule has 0 saturated heterocycles. The van der Waals surface area contributed by atoms with Crippen LogP contribution < -0.4 is 0 Å². The number of aromatic amines is 1. The Bertz CT molecular complexity index is 691. The van der Waals surface area contributed by atoms with Crippen molar-refractivity contribution < 1.29 is 14.3 Å². The van der Waals surface area contributed by atoms with Crippen LogP contribution in [0.3, 0.4) is 0 Å². The minimum atomic E-state index is -1.03. The molecule has 0 bridgehead atoms. The van der Waals surface area contributed by atoms with Crippen molar-refractivity contribution in [2.24, 2.45) is 11.3 Å². The average Bonchev–Trinajstić information content (AvgIpc) is 3.10. The number of ketones is 1. The Hall–Kier alpha value is -2.01. The number of hydrogen-bond acceptors (Lipinski definition) is 4. The molecule has 0 aliphatic heterocycles. The zero-order valence-corrected chi connectivity index (χ0v) is 14.5. The fraction of sp³-hybridized carbons (Fsp3) is 0.368. The highest BCUT2D eigenvalue weighted by molar-refractivity contribution is 7.98. The summed E-state index contributed by atoms with van der Waals surface area (Å²) in [4.78, 5) is 28.5. The van der Waals surface area contributed by atoms with Gasteiger partial charge in [0.25, 0.3) is 0 Å². The summed E-state index contributed by atoms with van der Waals surface area (Å²) in [6, 6.07) is 13.0. The van der Waals surface area contributed by atoms with Gasteiger partial charge in [-0.05, 0) is 48.5 Å². The number of carbonyl (C=O) groups excluding carboxylic acids is 2. The van der Waals surface area contributed by atoms with E-state index in [2.05, 4.69) is 4.98 Å². The van der Waals surface area contributed by atoms with E-state index in [0.29, 0.717) is 24.5 Å². The van der Waals surface area contributed by atoms with Gasteiger partial charge in [0.05, 0.1) is 5.69 Å². The van der Waals surface area contributed by atoms with E-state index in [9.17, 15) is 9.59 Å². The van der Waals surface area contributed by atoms with Crippen molar-refractivity contribution in [3.63, 3.8) is 0 Å². The summed E-state index contributed by atoms with van der Waals surface area (Å²) in [5.41, 5.74) is 0.377. The van der Waals surface area contributed by atoms with Crippen LogP contribution >= 0.6 is 11.8 Å². The number of carbonyl (C=O) groups is 2. The van der Waals surface area contributed by atoms with Crippen LogP contribution in [0.25, 0.3) is 0 Å². The standard InChI is InChI=1S/C19H21NO3S/c1-24-13-15-10-19(11-15,17(21)16-8-5-9-20-16)18(22)23-12-14-6-3-2-4-7-14/h2-9,15,20H,10-13H2,1H3. The van der Waals surface area contributed by atoms with Gasteiger partial charge < -0.3 is 9.72 Å². The predicted molar refractivity (Wildman–Crippen MR) is 94.9 cm³/mol. The normalized spacial score (nSPS) is 22.6. The van der Waals surface area contributed by atoms with Gasteiger partial charge in [-0.2, -0.15) is 11.8 Å². The molecule has 1 fully saturated rings. The van der Waals surface area contributed by atoms with Crippen molar-refractivity contribution in [2.75, 3.05) is 12.0 Å². The number of benzene rings is 1. The maximum absolute atomic E-state index is 12.9. The first-order valence-corrected chi connectivity index (χ1v) is 9.43. The molecule has 5 heteroatoms. The largest absolute Gasteiger partial charge is 0.460 e. The van der Waals surface area contributed by atoms with Crippen molar-refractivity contribution in [1.82, 2.24) is 4.98 Å². The summed E-state index contributed by atoms with van der Waals surface area (Å²) in [5, 5.41) is 0. The number of aromatic nitrogens is 1. The van der Waals surface area contributed by atoms with Gasteiger partial charge in [0.2, 0.25) is 0 Å². The van der Waals surface area contributed by atoms with Crippen LogP contribution in [-0.2, 0) is 16.1 Å². The average molecular weight is 343 g/mol. The second-order valence-corrected chi connectivity index (χ2v) is 7.20. The molecule has 0 amide bonds. The van der Waals surface area contributed by atoms with Crippen molar-refractivity contribution in [3.05, 3.63) is 59.9 Å². The summed E-state index contributed by atoms with van der Waals surface area (Å²) < 4.78 is 5.50. The number of esters is 1. The fourth-order valence-electron chi connectivity index (χ4n) is 3.31. The molecule has 0 atom stereocenters. The predicted octanol–water partition coefficient (Wildman–Crippen LogP) is 3.70. The van der Waals surface area contributed by atoms with E-state index in [1.54, 1.807) is 30.1 Å². The lowest BCUT2D eigenvalue weighted by atomic mass is 9.59. The third-order valence-corrected chi connectivity index (χ3v) is 5.36. The van der Waals surface area contributed by atoms with Crippen LogP contribution in [0.5, 0.6) is 0 Å². The van der Waals surface area contributed by atoms with Gasteiger partial charge in [-0.25, -0.2) is 0 Å². The summed E-state index contributed by atoms with van der Waals surface area (Å²) in [7, 11) is 0. The first kappa shape index (κ1) is 16.8. The lowest BCUT2D eigenvalue weighted by Gasteiger charge is -2.43. The number of hydrogen-bond donors (Lipinski definition) is 1. The zero-order chi connectivity index (χ0) is 17.0. The number of H-pyrrole nitrogens is 1. The number of Topliss-reactive ketones (excluding diaryl/α,β-unsaturated/α-hetero) is 1. The Morgan fingerprint density at radius 3 is 2.58 bits per heavy atom. The van der Waals surface area contributed by atoms with Gasteiger partial charge in [-0.15, -0.1) is 0 Å². The molecule has 0 radical (unpaired) electrons. The molecule has 1 saturated carbocycles. The van der Waals surface area contributed by atoms with Crippen molar-refractivity contribution in [2.45, 2.75) is 19.4 Å². The third-order valence-electron chi connectivity index (χ3n) is 4.56. The SMILES string of the molecule is CSCC1CC(C(=O)OCc2ccccc2)(C(=O)c2ccc[nH]2)C1. The first-order chi connectivity index (χ1) is 11.7. The highest BCUT2D eigenvalue weighted by Gasteiger charge is 2.56. The number of nitrogens with one attached hydrogen (secondary N) is 1. The van der Waals surface area contributed by atoms with Crippen molar-refractivity contribution in [1.29, 1.82) is 0 Å². The molecule has 1 aromatic heterocycles. The first-order valence-electron chi connectivity index (χ1n) is 8.04. The van der Waals surface area contributed by atoms with E-state index < -0.39 is 11.4 Å². The fourth-order valence-corrected chi connectivity index (χ4v) is 4.02. The Kier molecular flexibility index (Phi) is 5.09. The number of rotatable bonds is 7. The lowest BCUT2D eigenvalue weighted by molar-refractivity contribution is -0.161. The second kappa shape index (κ2) is 7.26. The number of ether oxygens (including phenoxy) is 1. The summed E-state index contributed by atoms with van der Waals surface area (Å²) in [6.07, 6.45) is 4.88. The molecule has 126 valence electrons. The highest BCUT2D eigenvalue weighted by atomic mass is 32.2. The molecule has 24 heavy (non-hydrogen) atoms. The molecule has 0 spiro atoms. The minimum absolute atomic E-state index is 0.150. The van der Waals surface area contributed by atoms with Crippen LogP contribution in [0.4, 0.5) is 0 Å². The third kappa shape index (κ3) is 3.26. The molecular weight excluding hydrogens is 322 g/mol. The van der Waals surface area contributed by atoms with Crippen molar-refractivity contribution >= 4 is 23.5 Å². The Labute approximate surface area is 146 Å². The van der Waals surface area contributed by atoms with Gasteiger partial charge in [0, 0.05) is 6.20 Å². The van der Waals surface area contributed by atoms with Gasteiger partial charge in [-0.3, -0.25) is 9.59 Å². The molecule has 1 aromatic carbocycles. The van der Waals surface area contributed by atoms with Gasteiger partial charge in [0.15, 0.2) is 5.78 Å². The van der Waals surface area contributed by atoms with Crippen LogP contribution in [0, 0.1) is 11.3 Å². The van der Waals surface area contributed by atoms with E-state index in [-0.39, 0.29) is 12.4 Å². The molecule has 0 unspecified atom stereocenters. The van der Waals surface area contributed by atoms with Crippen LogP contribution in [-0.4, -0.2) is 28.7 Å². The Morgan fingerprint density at radius 1 is 1.21 bits per heavy atom. The minimum Gasteiger partial charge on any atom is -0.460 e. The van der Waals surface area contributed by atoms with Gasteiger partial charge in [0.1, 0.15) is 12.0 Å². The Balaban J connectivity index is 1.73. The van der Waals surface area contributed by atoms with Crippen LogP contribution in [0.15, 0.2) is 48.7 Å². The van der Waals surface area contributed by atoms with Gasteiger partial charge in [-0.1, -0.05) is 30.3 Å². The number of thioether (sulfide) groups is 1. The summed E-state index contributed by atoms with van der Waals surface area (Å²) in [6.45, 7) is 0.201. The molecule has 1 aliphatic carbocycles. The summed E-state index contributed by atoms with van der Waals surface area (Å²) >= 11 is 1.75. The van der Waals surface area contributed by atoms with E-state index in [4.69, 9.17) is 4.74 Å². The summed E-state index contributed by atoms with van der Waals surface area (Å²) in [5.74, 6) is 0.806. The molecular formula is C19H21NO3S.